The molecule has 0 atom stereocenters. The van der Waals surface area contributed by atoms with Crippen molar-refractivity contribution in [3.63, 3.8) is 0 Å². The number of rotatable bonds is 10. The molecule has 0 unspecified atom stereocenters. The van der Waals surface area contributed by atoms with E-state index < -0.39 is 10.1 Å². The summed E-state index contributed by atoms with van der Waals surface area (Å²) in [7, 11) is 2.49. The van der Waals surface area contributed by atoms with Crippen LogP contribution in [0, 0.1) is 12.3 Å². The fourth-order valence-electron chi connectivity index (χ4n) is 3.80. The molecule has 0 saturated carbocycles. The third-order valence-electron chi connectivity index (χ3n) is 5.33. The van der Waals surface area contributed by atoms with Crippen LogP contribution in [-0.2, 0) is 20.3 Å². The number of likely N-dealkylation sites (N-methyl/N-ethyl adjacent to an activating group) is 1. The number of quaternary nitrogens is 1. The van der Waals surface area contributed by atoms with Crippen molar-refractivity contribution in [2.75, 3.05) is 47.5 Å². The molecule has 198 valence electrons. The van der Waals surface area contributed by atoms with Gasteiger partial charge < -0.3 is 14.0 Å². The molecule has 2 aromatic carbocycles. The highest BCUT2D eigenvalue weighted by molar-refractivity contribution is 7.85. The molecule has 0 aliphatic heterocycles. The molecule has 0 aliphatic rings. The van der Waals surface area contributed by atoms with E-state index in [0.29, 0.717) is 18.6 Å². The molecule has 0 spiro atoms. The van der Waals surface area contributed by atoms with Crippen molar-refractivity contribution >= 4 is 10.1 Å². The maximum Gasteiger partial charge on any atom is 0.294 e. The van der Waals surface area contributed by atoms with E-state index in [9.17, 15) is 8.42 Å². The van der Waals surface area contributed by atoms with Crippen LogP contribution in [0.25, 0.3) is 0 Å². The standard InChI is InChI=1S/C21H38NO2.C7H8O3S/c1-20(2,3)17-21(4,5)18-9-11-19(12-10-18)24-16-15-23-14-13-22(6,7)8;1-6-2-4-7(5-3-6)11(8,9)10/h9-12H,13-17H2,1-8H3;2-5H,1H3,(H,8,9,10)/q+1;. The molecule has 0 aliphatic carbocycles. The van der Waals surface area contributed by atoms with Crippen LogP contribution in [0.1, 0.15) is 52.2 Å². The number of nitrogens with zero attached hydrogens (tertiary/aromatic N) is 1. The number of hydrogen-bond donors (Lipinski definition) is 1. The van der Waals surface area contributed by atoms with Gasteiger partial charge in [-0.1, -0.05) is 64.4 Å². The van der Waals surface area contributed by atoms with Gasteiger partial charge in [0, 0.05) is 0 Å². The van der Waals surface area contributed by atoms with Gasteiger partial charge in [-0.2, -0.15) is 8.42 Å². The van der Waals surface area contributed by atoms with Crippen LogP contribution in [0.5, 0.6) is 5.75 Å². The summed E-state index contributed by atoms with van der Waals surface area (Å²) in [5.41, 5.74) is 2.81. The van der Waals surface area contributed by atoms with Crippen molar-refractivity contribution in [1.82, 2.24) is 0 Å². The van der Waals surface area contributed by atoms with Gasteiger partial charge in [0.15, 0.2) is 0 Å². The second-order valence-corrected chi connectivity index (χ2v) is 13.3. The Morgan fingerprint density at radius 3 is 1.83 bits per heavy atom. The molecule has 0 heterocycles. The van der Waals surface area contributed by atoms with Gasteiger partial charge in [-0.05, 0) is 54.0 Å². The first-order valence-electron chi connectivity index (χ1n) is 12.0. The van der Waals surface area contributed by atoms with E-state index >= 15 is 0 Å². The van der Waals surface area contributed by atoms with Gasteiger partial charge in [0.1, 0.15) is 18.9 Å². The minimum absolute atomic E-state index is 0.0666. The Morgan fingerprint density at radius 2 is 1.37 bits per heavy atom. The molecule has 0 aromatic heterocycles. The first kappa shape index (κ1) is 31.1. The van der Waals surface area contributed by atoms with Crippen LogP contribution in [-0.4, -0.2) is 65.0 Å². The van der Waals surface area contributed by atoms with Crippen LogP contribution < -0.4 is 4.74 Å². The number of ether oxygens (including phenoxy) is 2. The SMILES string of the molecule is CC(C)(C)CC(C)(C)c1ccc(OCCOCC[N+](C)(C)C)cc1.Cc1ccc(S(=O)(=O)O)cc1. The summed E-state index contributed by atoms with van der Waals surface area (Å²) in [6, 6.07) is 14.5. The zero-order chi connectivity index (χ0) is 26.9. The summed E-state index contributed by atoms with van der Waals surface area (Å²) in [5.74, 6) is 0.917. The molecule has 2 rings (SSSR count). The van der Waals surface area contributed by atoms with Crippen LogP contribution >= 0.6 is 0 Å². The van der Waals surface area contributed by atoms with E-state index in [2.05, 4.69) is 80.0 Å². The normalized spacial score (nSPS) is 12.6. The van der Waals surface area contributed by atoms with E-state index in [-0.39, 0.29) is 10.3 Å². The van der Waals surface area contributed by atoms with Gasteiger partial charge in [0.2, 0.25) is 0 Å². The third-order valence-corrected chi connectivity index (χ3v) is 6.20. The Hall–Kier alpha value is -1.93. The number of aryl methyl sites for hydroxylation is 1. The third kappa shape index (κ3) is 13.7. The molecule has 0 amide bonds. The topological polar surface area (TPSA) is 72.8 Å². The Balaban J connectivity index is 0.000000462. The van der Waals surface area contributed by atoms with E-state index in [1.54, 1.807) is 12.1 Å². The maximum absolute atomic E-state index is 10.5. The second kappa shape index (κ2) is 12.9. The molecular weight excluding hydrogens is 462 g/mol. The Kier molecular flexibility index (Phi) is 11.4. The molecule has 7 heteroatoms. The summed E-state index contributed by atoms with van der Waals surface area (Å²) in [4.78, 5) is -0.0666. The first-order valence-corrected chi connectivity index (χ1v) is 13.5. The van der Waals surface area contributed by atoms with Gasteiger partial charge in [-0.25, -0.2) is 0 Å². The van der Waals surface area contributed by atoms with Crippen molar-refractivity contribution < 1.29 is 26.9 Å². The summed E-state index contributed by atoms with van der Waals surface area (Å²) >= 11 is 0. The summed E-state index contributed by atoms with van der Waals surface area (Å²) < 4.78 is 41.9. The first-order chi connectivity index (χ1) is 15.9. The van der Waals surface area contributed by atoms with Crippen LogP contribution in [0.15, 0.2) is 53.4 Å². The van der Waals surface area contributed by atoms with E-state index in [1.807, 2.05) is 6.92 Å². The molecule has 2 aromatic rings. The highest BCUT2D eigenvalue weighted by Gasteiger charge is 2.27. The van der Waals surface area contributed by atoms with Gasteiger partial charge in [-0.3, -0.25) is 4.55 Å². The maximum atomic E-state index is 10.5. The van der Waals surface area contributed by atoms with Crippen molar-refractivity contribution in [2.45, 2.75) is 58.3 Å². The lowest BCUT2D eigenvalue weighted by Crippen LogP contribution is -2.37. The minimum Gasteiger partial charge on any atom is -0.491 e. The molecule has 0 radical (unpaired) electrons. The lowest BCUT2D eigenvalue weighted by Gasteiger charge is -2.33. The van der Waals surface area contributed by atoms with Crippen LogP contribution in [0.2, 0.25) is 0 Å². The highest BCUT2D eigenvalue weighted by atomic mass is 32.2. The summed E-state index contributed by atoms with van der Waals surface area (Å²) in [6.45, 7) is 16.4. The van der Waals surface area contributed by atoms with Crippen LogP contribution in [0.3, 0.4) is 0 Å². The summed E-state index contributed by atoms with van der Waals surface area (Å²) in [6.07, 6.45) is 1.15. The van der Waals surface area contributed by atoms with Gasteiger partial charge in [0.25, 0.3) is 10.1 Å². The minimum atomic E-state index is -4.02. The fraction of sp³-hybridized carbons (Fsp3) is 0.571. The molecule has 0 saturated heterocycles. The largest absolute Gasteiger partial charge is 0.491 e. The Bertz CT molecular complexity index is 984. The lowest BCUT2D eigenvalue weighted by atomic mass is 9.72. The van der Waals surface area contributed by atoms with Crippen molar-refractivity contribution in [2.24, 2.45) is 5.41 Å². The smallest absolute Gasteiger partial charge is 0.294 e. The fourth-order valence-corrected chi connectivity index (χ4v) is 4.28. The van der Waals surface area contributed by atoms with E-state index in [4.69, 9.17) is 14.0 Å². The number of hydrogen-bond acceptors (Lipinski definition) is 4. The van der Waals surface area contributed by atoms with E-state index in [0.717, 1.165) is 35.4 Å². The monoisotopic (exact) mass is 508 g/mol. The average Bonchev–Trinajstić information content (AvgIpc) is 2.68. The predicted octanol–water partition coefficient (Wildman–Crippen LogP) is 5.74. The van der Waals surface area contributed by atoms with Crippen molar-refractivity contribution in [3.8, 4) is 5.75 Å². The number of benzene rings is 2. The molecule has 35 heavy (non-hydrogen) atoms. The molecule has 0 fully saturated rings. The van der Waals surface area contributed by atoms with Crippen LogP contribution in [0.4, 0.5) is 0 Å². The average molecular weight is 509 g/mol. The zero-order valence-electron chi connectivity index (χ0n) is 23.1. The van der Waals surface area contributed by atoms with Crippen molar-refractivity contribution in [1.29, 1.82) is 0 Å². The zero-order valence-corrected chi connectivity index (χ0v) is 23.9. The van der Waals surface area contributed by atoms with Crippen molar-refractivity contribution in [3.05, 3.63) is 59.7 Å². The van der Waals surface area contributed by atoms with Gasteiger partial charge in [0.05, 0.1) is 39.3 Å². The molecular formula is C28H46NO5S+. The molecule has 6 nitrogen and oxygen atoms in total. The molecule has 0 bridgehead atoms. The van der Waals surface area contributed by atoms with E-state index in [1.165, 1.54) is 17.7 Å². The Labute approximate surface area is 213 Å². The second-order valence-electron chi connectivity index (χ2n) is 11.9. The highest BCUT2D eigenvalue weighted by Crippen LogP contribution is 2.36. The molecule has 1 N–H and O–H groups in total. The van der Waals surface area contributed by atoms with Gasteiger partial charge in [-0.15, -0.1) is 0 Å². The predicted molar refractivity (Wildman–Crippen MR) is 144 cm³/mol. The van der Waals surface area contributed by atoms with Gasteiger partial charge >= 0.3 is 0 Å². The summed E-state index contributed by atoms with van der Waals surface area (Å²) in [5, 5.41) is 0. The Morgan fingerprint density at radius 1 is 0.829 bits per heavy atom. The lowest BCUT2D eigenvalue weighted by molar-refractivity contribution is -0.870. The quantitative estimate of drug-likeness (QED) is 0.252.